The fraction of sp³-hybridized carbons (Fsp3) is 0.118. The number of nitrogens with zero attached hydrogens (tertiary/aromatic N) is 1. The number of carboxylic acids is 1. The SMILES string of the molecule is O=C(O)C(Cc1ccc([N+](=O)[O-])cc1)NS(=O)(=O)/C=C/c1ccc(Cl)cc1. The lowest BCUT2D eigenvalue weighted by Crippen LogP contribution is -2.41. The van der Waals surface area contributed by atoms with Crippen LogP contribution in [0.4, 0.5) is 5.69 Å². The number of non-ortho nitro benzene ring substituents is 1. The maximum atomic E-state index is 12.1. The Kier molecular flexibility index (Phi) is 6.67. The highest BCUT2D eigenvalue weighted by Crippen LogP contribution is 2.14. The van der Waals surface area contributed by atoms with Crippen molar-refractivity contribution >= 4 is 39.4 Å². The molecule has 142 valence electrons. The number of nitrogens with one attached hydrogen (secondary N) is 1. The molecule has 0 saturated heterocycles. The average Bonchev–Trinajstić information content (AvgIpc) is 2.61. The quantitative estimate of drug-likeness (QED) is 0.509. The van der Waals surface area contributed by atoms with Crippen LogP contribution in [0.3, 0.4) is 0 Å². The first-order valence-electron chi connectivity index (χ1n) is 7.58. The third-order valence-electron chi connectivity index (χ3n) is 3.50. The van der Waals surface area contributed by atoms with Crippen LogP contribution in [-0.4, -0.2) is 30.5 Å². The summed E-state index contributed by atoms with van der Waals surface area (Å²) in [5.41, 5.74) is 0.876. The fourth-order valence-electron chi connectivity index (χ4n) is 2.15. The van der Waals surface area contributed by atoms with Gasteiger partial charge in [0.15, 0.2) is 0 Å². The van der Waals surface area contributed by atoms with Crippen molar-refractivity contribution in [1.82, 2.24) is 4.72 Å². The van der Waals surface area contributed by atoms with E-state index in [2.05, 4.69) is 4.72 Å². The molecule has 1 unspecified atom stereocenters. The van der Waals surface area contributed by atoms with Gasteiger partial charge in [0.25, 0.3) is 5.69 Å². The average molecular weight is 411 g/mol. The third-order valence-corrected chi connectivity index (χ3v) is 4.86. The summed E-state index contributed by atoms with van der Waals surface area (Å²) in [6, 6.07) is 10.2. The Balaban J connectivity index is 2.10. The second kappa shape index (κ2) is 8.76. The molecule has 0 heterocycles. The summed E-state index contributed by atoms with van der Waals surface area (Å²) in [7, 11) is -4.03. The van der Waals surface area contributed by atoms with E-state index in [0.29, 0.717) is 16.1 Å². The molecule has 0 aliphatic rings. The molecule has 0 aliphatic heterocycles. The van der Waals surface area contributed by atoms with E-state index in [4.69, 9.17) is 11.6 Å². The number of rotatable bonds is 8. The highest BCUT2D eigenvalue weighted by Gasteiger charge is 2.23. The van der Waals surface area contributed by atoms with Crippen LogP contribution in [-0.2, 0) is 21.2 Å². The summed E-state index contributed by atoms with van der Waals surface area (Å²) in [5, 5.41) is 21.3. The van der Waals surface area contributed by atoms with E-state index < -0.39 is 27.0 Å². The van der Waals surface area contributed by atoms with E-state index >= 15 is 0 Å². The summed E-state index contributed by atoms with van der Waals surface area (Å²) >= 11 is 5.75. The summed E-state index contributed by atoms with van der Waals surface area (Å²) < 4.78 is 26.4. The first kappa shape index (κ1) is 20.6. The first-order valence-corrected chi connectivity index (χ1v) is 9.51. The van der Waals surface area contributed by atoms with Gasteiger partial charge in [-0.05, 0) is 35.8 Å². The Bertz CT molecular complexity index is 956. The lowest BCUT2D eigenvalue weighted by atomic mass is 10.1. The lowest BCUT2D eigenvalue weighted by Gasteiger charge is -2.13. The Hall–Kier alpha value is -2.75. The molecular weight excluding hydrogens is 396 g/mol. The second-order valence-electron chi connectivity index (χ2n) is 5.54. The van der Waals surface area contributed by atoms with Crippen molar-refractivity contribution in [3.8, 4) is 0 Å². The number of hydrogen-bond acceptors (Lipinski definition) is 5. The molecule has 8 nitrogen and oxygen atoms in total. The Labute approximate surface area is 160 Å². The highest BCUT2D eigenvalue weighted by atomic mass is 35.5. The van der Waals surface area contributed by atoms with Gasteiger partial charge in [0.1, 0.15) is 6.04 Å². The van der Waals surface area contributed by atoms with Gasteiger partial charge in [-0.25, -0.2) is 8.42 Å². The van der Waals surface area contributed by atoms with Crippen LogP contribution in [0, 0.1) is 10.1 Å². The minimum absolute atomic E-state index is 0.142. The van der Waals surface area contributed by atoms with Gasteiger partial charge in [-0.1, -0.05) is 35.9 Å². The van der Waals surface area contributed by atoms with Crippen molar-refractivity contribution in [3.05, 3.63) is 80.2 Å². The van der Waals surface area contributed by atoms with Gasteiger partial charge in [0, 0.05) is 22.6 Å². The molecule has 0 fully saturated rings. The molecule has 27 heavy (non-hydrogen) atoms. The molecule has 10 heteroatoms. The predicted molar refractivity (Wildman–Crippen MR) is 101 cm³/mol. The van der Waals surface area contributed by atoms with Crippen LogP contribution in [0.5, 0.6) is 0 Å². The molecule has 2 N–H and O–H groups in total. The van der Waals surface area contributed by atoms with Gasteiger partial charge in [0.05, 0.1) is 4.92 Å². The fourth-order valence-corrected chi connectivity index (χ4v) is 3.27. The zero-order chi connectivity index (χ0) is 20.0. The second-order valence-corrected chi connectivity index (χ2v) is 7.57. The standard InChI is InChI=1S/C17H15ClN2O6S/c18-14-5-1-12(2-6-14)9-10-27(25,26)19-16(17(21)22)11-13-3-7-15(8-4-13)20(23)24/h1-10,16,19H,11H2,(H,21,22)/b10-9+. The number of nitro groups is 1. The zero-order valence-corrected chi connectivity index (χ0v) is 15.4. The molecule has 0 bridgehead atoms. The maximum absolute atomic E-state index is 12.1. The Morgan fingerprint density at radius 1 is 1.19 bits per heavy atom. The molecular formula is C17H15ClN2O6S. The first-order chi connectivity index (χ1) is 12.7. The summed E-state index contributed by atoms with van der Waals surface area (Å²) in [6.07, 6.45) is 1.14. The number of carbonyl (C=O) groups is 1. The Morgan fingerprint density at radius 2 is 1.78 bits per heavy atom. The third kappa shape index (κ3) is 6.48. The van der Waals surface area contributed by atoms with E-state index in [1.54, 1.807) is 24.3 Å². The van der Waals surface area contributed by atoms with E-state index in [9.17, 15) is 28.4 Å². The number of sulfonamides is 1. The number of halogens is 1. The number of carboxylic acid groups (broad SMARTS) is 1. The molecule has 2 aromatic rings. The van der Waals surface area contributed by atoms with E-state index in [1.807, 2.05) is 0 Å². The van der Waals surface area contributed by atoms with Crippen molar-refractivity contribution in [1.29, 1.82) is 0 Å². The Morgan fingerprint density at radius 3 is 2.30 bits per heavy atom. The molecule has 0 amide bonds. The van der Waals surface area contributed by atoms with Crippen molar-refractivity contribution < 1.29 is 23.2 Å². The number of nitro benzene ring substituents is 1. The maximum Gasteiger partial charge on any atom is 0.322 e. The van der Waals surface area contributed by atoms with Crippen LogP contribution in [0.1, 0.15) is 11.1 Å². The number of benzene rings is 2. The normalized spacial score (nSPS) is 12.8. The molecule has 0 spiro atoms. The molecule has 0 aliphatic carbocycles. The van der Waals surface area contributed by atoms with Gasteiger partial charge in [-0.2, -0.15) is 4.72 Å². The minimum Gasteiger partial charge on any atom is -0.480 e. The van der Waals surface area contributed by atoms with E-state index in [0.717, 1.165) is 5.41 Å². The van der Waals surface area contributed by atoms with Gasteiger partial charge >= 0.3 is 5.97 Å². The van der Waals surface area contributed by atoms with Crippen LogP contribution in [0.15, 0.2) is 53.9 Å². The minimum atomic E-state index is -4.03. The van der Waals surface area contributed by atoms with Crippen molar-refractivity contribution in [2.24, 2.45) is 0 Å². The van der Waals surface area contributed by atoms with Crippen LogP contribution in [0.2, 0.25) is 5.02 Å². The smallest absolute Gasteiger partial charge is 0.322 e. The zero-order valence-electron chi connectivity index (χ0n) is 13.8. The lowest BCUT2D eigenvalue weighted by molar-refractivity contribution is -0.384. The molecule has 2 aromatic carbocycles. The van der Waals surface area contributed by atoms with Crippen LogP contribution in [0.25, 0.3) is 6.08 Å². The molecule has 0 aromatic heterocycles. The van der Waals surface area contributed by atoms with Crippen molar-refractivity contribution in [2.75, 3.05) is 0 Å². The van der Waals surface area contributed by atoms with E-state index in [1.165, 1.54) is 30.3 Å². The van der Waals surface area contributed by atoms with Gasteiger partial charge in [-0.15, -0.1) is 0 Å². The molecule has 1 atom stereocenters. The monoisotopic (exact) mass is 410 g/mol. The number of aliphatic carboxylic acids is 1. The number of hydrogen-bond donors (Lipinski definition) is 2. The van der Waals surface area contributed by atoms with Gasteiger partial charge in [0.2, 0.25) is 10.0 Å². The van der Waals surface area contributed by atoms with Gasteiger partial charge in [-0.3, -0.25) is 14.9 Å². The predicted octanol–water partition coefficient (Wildman–Crippen LogP) is 2.83. The van der Waals surface area contributed by atoms with Crippen molar-refractivity contribution in [2.45, 2.75) is 12.5 Å². The largest absolute Gasteiger partial charge is 0.480 e. The summed E-state index contributed by atoms with van der Waals surface area (Å²) in [4.78, 5) is 21.5. The summed E-state index contributed by atoms with van der Waals surface area (Å²) in [6.45, 7) is 0. The highest BCUT2D eigenvalue weighted by molar-refractivity contribution is 7.92. The topological polar surface area (TPSA) is 127 Å². The van der Waals surface area contributed by atoms with Gasteiger partial charge < -0.3 is 5.11 Å². The van der Waals surface area contributed by atoms with Crippen molar-refractivity contribution in [3.63, 3.8) is 0 Å². The molecule has 2 rings (SSSR count). The van der Waals surface area contributed by atoms with Crippen LogP contribution >= 0.6 is 11.6 Å². The summed E-state index contributed by atoms with van der Waals surface area (Å²) in [5.74, 6) is -1.36. The molecule has 0 radical (unpaired) electrons. The van der Waals surface area contributed by atoms with Crippen LogP contribution < -0.4 is 4.72 Å². The van der Waals surface area contributed by atoms with E-state index in [-0.39, 0.29) is 12.1 Å². The molecule has 0 saturated carbocycles.